The number of rotatable bonds is 7. The molecule has 0 unspecified atom stereocenters. The molecule has 0 aromatic heterocycles. The fourth-order valence-corrected chi connectivity index (χ4v) is 21.0. The Bertz CT molecular complexity index is 479. The molecule has 1 aromatic rings. The molecule has 0 aliphatic carbocycles. The number of aliphatic hydroxyl groups is 1. The van der Waals surface area contributed by atoms with Gasteiger partial charge in [0.1, 0.15) is 24.0 Å². The van der Waals surface area contributed by atoms with E-state index in [1.165, 1.54) is 0 Å². The lowest BCUT2D eigenvalue weighted by atomic mass is 10.0. The van der Waals surface area contributed by atoms with Crippen LogP contribution in [0.25, 0.3) is 0 Å². The number of hydrogen-bond acceptors (Lipinski definition) is 3. The Morgan fingerprint density at radius 1 is 1.00 bits per heavy atom. The zero-order valence-electron chi connectivity index (χ0n) is 15.7. The van der Waals surface area contributed by atoms with Crippen LogP contribution in [0.4, 0.5) is 0 Å². The lowest BCUT2D eigenvalue weighted by Crippen LogP contribution is -2.57. The van der Waals surface area contributed by atoms with Gasteiger partial charge in [0.15, 0.2) is 0 Å². The topological polar surface area (TPSA) is 26.7 Å². The van der Waals surface area contributed by atoms with Gasteiger partial charge < -0.3 is 9.11 Å². The van der Waals surface area contributed by atoms with E-state index in [2.05, 4.69) is 54.9 Å². The highest BCUT2D eigenvalue weighted by molar-refractivity contribution is 7.82. The molecule has 0 radical (unpaired) electrons. The number of hydrogen-bond donors (Lipinski definition) is 1. The molecular formula is C16H32ClN2OPSi2. The molecule has 132 valence electrons. The summed E-state index contributed by atoms with van der Waals surface area (Å²) in [6.45, 7) is 16.2. The van der Waals surface area contributed by atoms with Gasteiger partial charge in [-0.3, -0.25) is 4.67 Å². The molecule has 1 aromatic carbocycles. The molecule has 0 aliphatic rings. The molecule has 1 N–H and O–H groups in total. The third-order valence-electron chi connectivity index (χ3n) is 3.88. The highest BCUT2D eigenvalue weighted by Gasteiger charge is 2.42. The van der Waals surface area contributed by atoms with E-state index in [1.807, 2.05) is 37.4 Å². The van der Waals surface area contributed by atoms with Crippen molar-refractivity contribution in [1.82, 2.24) is 8.67 Å². The Balaban J connectivity index is 2.99. The lowest BCUT2D eigenvalue weighted by molar-refractivity contribution is 0.110. The van der Waals surface area contributed by atoms with E-state index in [1.54, 1.807) is 0 Å². The van der Waals surface area contributed by atoms with E-state index < -0.39 is 30.2 Å². The van der Waals surface area contributed by atoms with Crippen LogP contribution >= 0.6 is 18.8 Å². The fraction of sp³-hybridized carbons (Fsp3) is 0.625. The first-order valence-corrected chi connectivity index (χ1v) is 17.1. The van der Waals surface area contributed by atoms with Crippen LogP contribution in [0.5, 0.6) is 0 Å². The molecular weight excluding hydrogens is 359 g/mol. The third-order valence-corrected chi connectivity index (χ3v) is 18.3. The molecule has 0 saturated heterocycles. The summed E-state index contributed by atoms with van der Waals surface area (Å²) in [6.07, 6.45) is -0.532. The van der Waals surface area contributed by atoms with Gasteiger partial charge in [0.25, 0.3) is 0 Å². The highest BCUT2D eigenvalue weighted by Crippen LogP contribution is 2.55. The Morgan fingerprint density at radius 2 is 1.43 bits per heavy atom. The maximum Gasteiger partial charge on any atom is 0.126 e. The van der Waals surface area contributed by atoms with Gasteiger partial charge in [0.05, 0.1) is 6.10 Å². The normalized spacial score (nSPS) is 17.4. The standard InChI is InChI=1S/C16H32ClN2OPSi2/c1-14(16(20)15-12-10-9-11-13-15)18(2)21(17)19(22(3,4)5)23(6,7)8/h9-14,16,20H,1-8H3/t14-,16-,21-/m0/s1. The first-order valence-electron chi connectivity index (χ1n) is 8.09. The minimum Gasteiger partial charge on any atom is -0.387 e. The second kappa shape index (κ2) is 8.09. The highest BCUT2D eigenvalue weighted by atomic mass is 35.7. The van der Waals surface area contributed by atoms with E-state index in [-0.39, 0.29) is 6.04 Å². The molecule has 0 aliphatic heterocycles. The van der Waals surface area contributed by atoms with Gasteiger partial charge in [-0.15, -0.1) is 0 Å². The van der Waals surface area contributed by atoms with Crippen molar-refractivity contribution in [1.29, 1.82) is 0 Å². The summed E-state index contributed by atoms with van der Waals surface area (Å²) in [5, 5.41) is 10.7. The van der Waals surface area contributed by atoms with Crippen molar-refractivity contribution in [2.75, 3.05) is 7.05 Å². The Labute approximate surface area is 150 Å². The number of nitrogens with zero attached hydrogens (tertiary/aromatic N) is 2. The van der Waals surface area contributed by atoms with Gasteiger partial charge in [-0.2, -0.15) is 0 Å². The third kappa shape index (κ3) is 5.63. The second-order valence-electron chi connectivity index (χ2n) is 8.06. The van der Waals surface area contributed by atoms with Gasteiger partial charge in [-0.25, -0.2) is 0 Å². The molecule has 0 bridgehead atoms. The maximum atomic E-state index is 10.7. The molecule has 7 heteroatoms. The number of halogens is 1. The summed E-state index contributed by atoms with van der Waals surface area (Å²) in [7, 11) is -1.98. The number of benzene rings is 1. The SMILES string of the molecule is C[C@@H]([C@H](O)c1ccccc1)N(C)[P@](Cl)N([Si](C)(C)C)[Si](C)(C)C. The second-order valence-corrected chi connectivity index (χ2v) is 21.3. The predicted molar refractivity (Wildman–Crippen MR) is 110 cm³/mol. The van der Waals surface area contributed by atoms with Crippen molar-refractivity contribution in [3.8, 4) is 0 Å². The van der Waals surface area contributed by atoms with Crippen molar-refractivity contribution in [2.24, 2.45) is 0 Å². The average molecular weight is 391 g/mol. The van der Waals surface area contributed by atoms with Gasteiger partial charge in [0.2, 0.25) is 0 Å². The number of aliphatic hydroxyl groups excluding tert-OH is 1. The summed E-state index contributed by atoms with van der Waals surface area (Å²) in [5.74, 6) is 0. The van der Waals surface area contributed by atoms with Gasteiger partial charge in [-0.1, -0.05) is 80.9 Å². The van der Waals surface area contributed by atoms with E-state index in [9.17, 15) is 5.11 Å². The molecule has 0 saturated carbocycles. The maximum absolute atomic E-state index is 10.7. The first kappa shape index (κ1) is 21.3. The van der Waals surface area contributed by atoms with Crippen LogP contribution in [0, 0.1) is 0 Å². The van der Waals surface area contributed by atoms with Crippen LogP contribution in [-0.2, 0) is 0 Å². The number of likely N-dealkylation sites (N-methyl/N-ethyl adjacent to an activating group) is 1. The summed E-state index contributed by atoms with van der Waals surface area (Å²) in [4.78, 5) is 0. The molecule has 3 atom stereocenters. The summed E-state index contributed by atoms with van der Waals surface area (Å²) in [5.41, 5.74) is 0.944. The van der Waals surface area contributed by atoms with Crippen LogP contribution < -0.4 is 0 Å². The predicted octanol–water partition coefficient (Wildman–Crippen LogP) is 5.48. The van der Waals surface area contributed by atoms with Crippen molar-refractivity contribution in [3.05, 3.63) is 35.9 Å². The first-order chi connectivity index (χ1) is 10.4. The quantitative estimate of drug-likeness (QED) is 0.493. The Morgan fingerprint density at radius 3 is 1.83 bits per heavy atom. The van der Waals surface area contributed by atoms with E-state index in [0.29, 0.717) is 0 Å². The van der Waals surface area contributed by atoms with Crippen LogP contribution in [0.15, 0.2) is 30.3 Å². The van der Waals surface area contributed by atoms with Gasteiger partial charge >= 0.3 is 0 Å². The molecule has 23 heavy (non-hydrogen) atoms. The fourth-order valence-electron chi connectivity index (χ4n) is 2.93. The Kier molecular flexibility index (Phi) is 7.49. The minimum absolute atomic E-state index is 0.0313. The molecule has 3 nitrogen and oxygen atoms in total. The monoisotopic (exact) mass is 390 g/mol. The average Bonchev–Trinajstić information content (AvgIpc) is 2.42. The minimum atomic E-state index is -1.54. The smallest absolute Gasteiger partial charge is 0.126 e. The van der Waals surface area contributed by atoms with Crippen LogP contribution in [0.1, 0.15) is 18.6 Å². The molecule has 0 fully saturated rings. The molecule has 0 spiro atoms. The van der Waals surface area contributed by atoms with Gasteiger partial charge in [-0.05, 0) is 19.5 Å². The molecule has 0 amide bonds. The lowest BCUT2D eigenvalue weighted by Gasteiger charge is -2.49. The zero-order valence-corrected chi connectivity index (χ0v) is 19.4. The summed E-state index contributed by atoms with van der Waals surface area (Å²) < 4.78 is 4.79. The summed E-state index contributed by atoms with van der Waals surface area (Å²) >= 11 is 6.97. The van der Waals surface area contributed by atoms with Gasteiger partial charge in [0, 0.05) is 6.04 Å². The van der Waals surface area contributed by atoms with Crippen molar-refractivity contribution < 1.29 is 5.11 Å². The van der Waals surface area contributed by atoms with E-state index >= 15 is 0 Å². The zero-order chi connectivity index (χ0) is 18.0. The molecule has 1 rings (SSSR count). The molecule has 0 heterocycles. The van der Waals surface area contributed by atoms with Crippen LogP contribution in [-0.4, -0.2) is 43.3 Å². The largest absolute Gasteiger partial charge is 0.387 e. The Hall–Kier alpha value is 0.254. The van der Waals surface area contributed by atoms with Crippen molar-refractivity contribution >= 4 is 35.3 Å². The van der Waals surface area contributed by atoms with Crippen molar-refractivity contribution in [2.45, 2.75) is 58.4 Å². The van der Waals surface area contributed by atoms with Crippen LogP contribution in [0.2, 0.25) is 39.3 Å². The summed E-state index contributed by atoms with van der Waals surface area (Å²) in [6, 6.07) is 9.81. The van der Waals surface area contributed by atoms with Crippen molar-refractivity contribution in [3.63, 3.8) is 0 Å². The van der Waals surface area contributed by atoms with E-state index in [0.717, 1.165) is 5.56 Å². The van der Waals surface area contributed by atoms with Crippen LogP contribution in [0.3, 0.4) is 0 Å². The van der Waals surface area contributed by atoms with E-state index in [4.69, 9.17) is 11.2 Å².